The molecule has 0 saturated heterocycles. The van der Waals surface area contributed by atoms with Crippen molar-refractivity contribution >= 4 is 0 Å². The van der Waals surface area contributed by atoms with Crippen molar-refractivity contribution in [3.63, 3.8) is 0 Å². The van der Waals surface area contributed by atoms with Crippen LogP contribution < -0.4 is 0 Å². The monoisotopic (exact) mass is 209 g/mol. The molecule has 1 unspecified atom stereocenters. The topological polar surface area (TPSA) is 49.3 Å². The van der Waals surface area contributed by atoms with Gasteiger partial charge < -0.3 is 10.0 Å². The molecule has 15 heavy (non-hydrogen) atoms. The highest BCUT2D eigenvalue weighted by atomic mass is 16.3. The average molecular weight is 209 g/mol. The van der Waals surface area contributed by atoms with Gasteiger partial charge in [-0.2, -0.15) is 0 Å². The average Bonchev–Trinajstić information content (AvgIpc) is 2.14. The fourth-order valence-corrected chi connectivity index (χ4v) is 1.46. The van der Waals surface area contributed by atoms with Gasteiger partial charge in [0.05, 0.1) is 6.10 Å². The van der Waals surface area contributed by atoms with Gasteiger partial charge in [-0.25, -0.2) is 9.97 Å². The number of aliphatic hydroxyl groups is 1. The summed E-state index contributed by atoms with van der Waals surface area (Å²) in [5.41, 5.74) is 1.70. The highest BCUT2D eigenvalue weighted by molar-refractivity contribution is 5.18. The Bertz CT molecular complexity index is 326. The third kappa shape index (κ3) is 3.57. The van der Waals surface area contributed by atoms with E-state index in [-0.39, 0.29) is 0 Å². The van der Waals surface area contributed by atoms with Crippen LogP contribution in [0.1, 0.15) is 29.6 Å². The zero-order valence-corrected chi connectivity index (χ0v) is 9.86. The summed E-state index contributed by atoms with van der Waals surface area (Å²) in [6.45, 7) is 4.61. The Morgan fingerprint density at radius 1 is 1.40 bits per heavy atom. The van der Waals surface area contributed by atoms with E-state index in [4.69, 9.17) is 0 Å². The Hall–Kier alpha value is -1.00. The fraction of sp³-hybridized carbons (Fsp3) is 0.636. The maximum Gasteiger partial charge on any atom is 0.125 e. The first-order valence-electron chi connectivity index (χ1n) is 5.13. The summed E-state index contributed by atoms with van der Waals surface area (Å²) in [6, 6.07) is 0. The minimum Gasteiger partial charge on any atom is -0.388 e. The number of hydrogen-bond acceptors (Lipinski definition) is 4. The summed E-state index contributed by atoms with van der Waals surface area (Å²) in [6.07, 6.45) is 1.96. The number of rotatable bonds is 4. The van der Waals surface area contributed by atoms with Gasteiger partial charge in [0, 0.05) is 24.0 Å². The van der Waals surface area contributed by atoms with Crippen LogP contribution >= 0.6 is 0 Å². The molecule has 1 heterocycles. The lowest BCUT2D eigenvalue weighted by molar-refractivity contribution is 0.152. The molecule has 0 amide bonds. The largest absolute Gasteiger partial charge is 0.388 e. The van der Waals surface area contributed by atoms with E-state index in [0.717, 1.165) is 23.6 Å². The van der Waals surface area contributed by atoms with Crippen LogP contribution in [0.5, 0.6) is 0 Å². The van der Waals surface area contributed by atoms with Gasteiger partial charge in [-0.1, -0.05) is 0 Å². The minimum atomic E-state index is -0.465. The van der Waals surface area contributed by atoms with Gasteiger partial charge in [-0.05, 0) is 34.4 Å². The van der Waals surface area contributed by atoms with Gasteiger partial charge in [0.1, 0.15) is 5.82 Å². The Morgan fingerprint density at radius 2 is 2.07 bits per heavy atom. The maximum atomic E-state index is 9.93. The Balaban J connectivity index is 2.69. The van der Waals surface area contributed by atoms with Crippen LogP contribution in [0.25, 0.3) is 0 Å². The summed E-state index contributed by atoms with van der Waals surface area (Å²) in [7, 11) is 3.98. The first-order valence-corrected chi connectivity index (χ1v) is 5.13. The number of aryl methyl sites for hydroxylation is 2. The van der Waals surface area contributed by atoms with Gasteiger partial charge in [0.25, 0.3) is 0 Å². The van der Waals surface area contributed by atoms with E-state index < -0.39 is 6.10 Å². The van der Waals surface area contributed by atoms with Crippen molar-refractivity contribution in [2.75, 3.05) is 20.6 Å². The molecule has 0 aliphatic carbocycles. The van der Waals surface area contributed by atoms with Crippen LogP contribution in [0.2, 0.25) is 0 Å². The minimum absolute atomic E-state index is 0.465. The van der Waals surface area contributed by atoms with Crippen molar-refractivity contribution in [1.29, 1.82) is 0 Å². The molecule has 1 aromatic rings. The second-order valence-electron chi connectivity index (χ2n) is 4.07. The smallest absolute Gasteiger partial charge is 0.125 e. The number of hydrogen-bond donors (Lipinski definition) is 1. The molecule has 0 aliphatic heterocycles. The molecule has 0 fully saturated rings. The highest BCUT2D eigenvalue weighted by Crippen LogP contribution is 2.18. The van der Waals surface area contributed by atoms with Crippen LogP contribution in [0.15, 0.2) is 6.20 Å². The van der Waals surface area contributed by atoms with Crippen LogP contribution in [0.3, 0.4) is 0 Å². The number of nitrogens with zero attached hydrogens (tertiary/aromatic N) is 3. The predicted molar refractivity (Wildman–Crippen MR) is 59.6 cm³/mol. The van der Waals surface area contributed by atoms with Crippen molar-refractivity contribution in [3.05, 3.63) is 23.3 Å². The third-order valence-electron chi connectivity index (χ3n) is 2.35. The maximum absolute atomic E-state index is 9.93. The van der Waals surface area contributed by atoms with Crippen LogP contribution in [-0.2, 0) is 0 Å². The first kappa shape index (κ1) is 12.1. The highest BCUT2D eigenvalue weighted by Gasteiger charge is 2.12. The van der Waals surface area contributed by atoms with Crippen LogP contribution in [-0.4, -0.2) is 40.6 Å². The Kier molecular flexibility index (Phi) is 4.17. The molecule has 1 N–H and O–H groups in total. The van der Waals surface area contributed by atoms with Crippen molar-refractivity contribution < 1.29 is 5.11 Å². The molecule has 1 atom stereocenters. The van der Waals surface area contributed by atoms with Crippen LogP contribution in [0, 0.1) is 13.8 Å². The number of aromatic nitrogens is 2. The predicted octanol–water partition coefficient (Wildman–Crippen LogP) is 1.08. The van der Waals surface area contributed by atoms with E-state index >= 15 is 0 Å². The van der Waals surface area contributed by atoms with Gasteiger partial charge in [-0.3, -0.25) is 0 Å². The zero-order valence-electron chi connectivity index (χ0n) is 9.86. The summed E-state index contributed by atoms with van der Waals surface area (Å²) in [4.78, 5) is 10.4. The zero-order chi connectivity index (χ0) is 11.4. The molecule has 1 rings (SSSR count). The lowest BCUT2D eigenvalue weighted by Crippen LogP contribution is -2.16. The Labute approximate surface area is 91.0 Å². The van der Waals surface area contributed by atoms with E-state index in [9.17, 15) is 5.11 Å². The fourth-order valence-electron chi connectivity index (χ4n) is 1.46. The van der Waals surface area contributed by atoms with E-state index in [0.29, 0.717) is 6.42 Å². The van der Waals surface area contributed by atoms with Crippen molar-refractivity contribution in [2.24, 2.45) is 0 Å². The lowest BCUT2D eigenvalue weighted by Gasteiger charge is -2.15. The SMILES string of the molecule is Cc1ncc(C(O)CCN(C)C)c(C)n1. The molecule has 0 spiro atoms. The lowest BCUT2D eigenvalue weighted by atomic mass is 10.1. The van der Waals surface area contributed by atoms with Crippen molar-refractivity contribution in [3.8, 4) is 0 Å². The molecule has 0 aromatic carbocycles. The van der Waals surface area contributed by atoms with E-state index in [1.807, 2.05) is 32.8 Å². The van der Waals surface area contributed by atoms with E-state index in [2.05, 4.69) is 9.97 Å². The molecule has 4 heteroatoms. The first-order chi connectivity index (χ1) is 7.00. The molecule has 0 saturated carbocycles. The summed E-state index contributed by atoms with van der Waals surface area (Å²) < 4.78 is 0. The van der Waals surface area contributed by atoms with Crippen LogP contribution in [0.4, 0.5) is 0 Å². The second kappa shape index (κ2) is 5.19. The summed E-state index contributed by atoms with van der Waals surface area (Å²) in [5, 5.41) is 9.93. The number of aliphatic hydroxyl groups excluding tert-OH is 1. The third-order valence-corrected chi connectivity index (χ3v) is 2.35. The molecule has 4 nitrogen and oxygen atoms in total. The molecule has 0 aliphatic rings. The van der Waals surface area contributed by atoms with Gasteiger partial charge in [0.2, 0.25) is 0 Å². The summed E-state index contributed by atoms with van der Waals surface area (Å²) in [5.74, 6) is 0.746. The molecule has 0 radical (unpaired) electrons. The molecule has 84 valence electrons. The quantitative estimate of drug-likeness (QED) is 0.806. The molecular weight excluding hydrogens is 190 g/mol. The van der Waals surface area contributed by atoms with Crippen molar-refractivity contribution in [1.82, 2.24) is 14.9 Å². The molecule has 0 bridgehead atoms. The van der Waals surface area contributed by atoms with Gasteiger partial charge in [0.15, 0.2) is 0 Å². The Morgan fingerprint density at radius 3 is 2.60 bits per heavy atom. The summed E-state index contributed by atoms with van der Waals surface area (Å²) >= 11 is 0. The van der Waals surface area contributed by atoms with E-state index in [1.165, 1.54) is 0 Å². The standard InChI is InChI=1S/C11H19N3O/c1-8-10(7-12-9(2)13-8)11(15)5-6-14(3)4/h7,11,15H,5-6H2,1-4H3. The molecular formula is C11H19N3O. The van der Waals surface area contributed by atoms with Gasteiger partial charge >= 0.3 is 0 Å². The van der Waals surface area contributed by atoms with Gasteiger partial charge in [-0.15, -0.1) is 0 Å². The second-order valence-corrected chi connectivity index (χ2v) is 4.07. The van der Waals surface area contributed by atoms with Crippen molar-refractivity contribution in [2.45, 2.75) is 26.4 Å². The van der Waals surface area contributed by atoms with E-state index in [1.54, 1.807) is 6.20 Å². The molecule has 1 aromatic heterocycles. The normalized spacial score (nSPS) is 13.2.